The Balaban J connectivity index is 1.15. The first-order valence-corrected chi connectivity index (χ1v) is 15.5. The summed E-state index contributed by atoms with van der Waals surface area (Å²) < 4.78 is 23.8. The van der Waals surface area contributed by atoms with Crippen molar-refractivity contribution in [3.8, 4) is 17.6 Å². The zero-order valence-corrected chi connectivity index (χ0v) is 25.3. The maximum atomic E-state index is 12.7. The SMILES string of the molecule is CC(C)(C)OC(=O)N1CC2CC(CN(CCCC(Oc3ccc(OC4CCCCO4)cc3)c3ccc(C#N)cc3)C2)C1. The molecule has 3 aliphatic rings. The number of rotatable bonds is 9. The lowest BCUT2D eigenvalue weighted by Gasteiger charge is -2.46. The van der Waals surface area contributed by atoms with Crippen molar-refractivity contribution in [2.45, 2.75) is 77.3 Å². The molecule has 4 atom stereocenters. The number of piperidine rings is 2. The van der Waals surface area contributed by atoms with Crippen molar-refractivity contribution in [1.29, 1.82) is 5.26 Å². The fourth-order valence-electron chi connectivity index (χ4n) is 6.33. The normalized spacial score (nSPS) is 23.5. The number of carbonyl (C=O) groups is 1. The molecule has 4 unspecified atom stereocenters. The number of fused-ring (bicyclic) bond motifs is 2. The summed E-state index contributed by atoms with van der Waals surface area (Å²) in [6.45, 7) is 11.0. The van der Waals surface area contributed by atoms with E-state index in [1.807, 2.05) is 74.2 Å². The number of nitriles is 1. The average Bonchev–Trinajstić information content (AvgIpc) is 2.97. The summed E-state index contributed by atoms with van der Waals surface area (Å²) in [5, 5.41) is 9.26. The van der Waals surface area contributed by atoms with E-state index in [-0.39, 0.29) is 18.5 Å². The van der Waals surface area contributed by atoms with Gasteiger partial charge in [0.15, 0.2) is 6.29 Å². The Kier molecular flexibility index (Phi) is 9.91. The third-order valence-electron chi connectivity index (χ3n) is 8.17. The molecule has 3 fully saturated rings. The van der Waals surface area contributed by atoms with Crippen LogP contribution in [0.15, 0.2) is 48.5 Å². The summed E-state index contributed by atoms with van der Waals surface area (Å²) in [5.41, 5.74) is 1.24. The summed E-state index contributed by atoms with van der Waals surface area (Å²) in [6, 6.07) is 17.7. The fourth-order valence-corrected chi connectivity index (χ4v) is 6.33. The molecule has 3 saturated heterocycles. The number of ether oxygens (including phenoxy) is 4. The number of hydrogen-bond donors (Lipinski definition) is 0. The number of nitrogens with zero attached hydrogens (tertiary/aromatic N) is 3. The summed E-state index contributed by atoms with van der Waals surface area (Å²) >= 11 is 0. The third kappa shape index (κ3) is 8.62. The van der Waals surface area contributed by atoms with Crippen molar-refractivity contribution in [2.24, 2.45) is 11.8 Å². The largest absolute Gasteiger partial charge is 0.486 e. The molecule has 0 aromatic heterocycles. The van der Waals surface area contributed by atoms with E-state index >= 15 is 0 Å². The average molecular weight is 576 g/mol. The van der Waals surface area contributed by atoms with Gasteiger partial charge >= 0.3 is 6.09 Å². The van der Waals surface area contributed by atoms with E-state index < -0.39 is 5.60 Å². The highest BCUT2D eigenvalue weighted by atomic mass is 16.7. The number of carbonyl (C=O) groups excluding carboxylic acids is 1. The molecule has 5 rings (SSSR count). The molecule has 0 saturated carbocycles. The van der Waals surface area contributed by atoms with E-state index in [1.165, 1.54) is 6.42 Å². The number of likely N-dealkylation sites (tertiary alicyclic amines) is 2. The van der Waals surface area contributed by atoms with Gasteiger partial charge in [-0.05, 0) is 113 Å². The Bertz CT molecular complexity index is 1180. The number of amides is 1. The third-order valence-corrected chi connectivity index (χ3v) is 8.17. The highest BCUT2D eigenvalue weighted by molar-refractivity contribution is 5.68. The van der Waals surface area contributed by atoms with Crippen LogP contribution in [0.3, 0.4) is 0 Å². The number of benzene rings is 2. The first kappa shape index (κ1) is 30.2. The van der Waals surface area contributed by atoms with Crippen LogP contribution < -0.4 is 9.47 Å². The minimum absolute atomic E-state index is 0.127. The maximum absolute atomic E-state index is 12.7. The van der Waals surface area contributed by atoms with Crippen LogP contribution in [0, 0.1) is 23.2 Å². The molecule has 42 heavy (non-hydrogen) atoms. The molecule has 2 aromatic rings. The lowest BCUT2D eigenvalue weighted by atomic mass is 9.84. The van der Waals surface area contributed by atoms with Crippen molar-refractivity contribution in [1.82, 2.24) is 9.80 Å². The Morgan fingerprint density at radius 3 is 2.31 bits per heavy atom. The van der Waals surface area contributed by atoms with Crippen LogP contribution in [0.2, 0.25) is 0 Å². The van der Waals surface area contributed by atoms with Crippen molar-refractivity contribution in [3.63, 3.8) is 0 Å². The Morgan fingerprint density at radius 2 is 1.69 bits per heavy atom. The van der Waals surface area contributed by atoms with Gasteiger partial charge in [-0.15, -0.1) is 0 Å². The predicted octanol–water partition coefficient (Wildman–Crippen LogP) is 6.55. The molecule has 3 aliphatic heterocycles. The molecule has 0 spiro atoms. The van der Waals surface area contributed by atoms with Crippen LogP contribution in [-0.2, 0) is 9.47 Å². The molecule has 2 bridgehead atoms. The first-order valence-electron chi connectivity index (χ1n) is 15.5. The molecular formula is C34H45N3O5. The molecule has 3 heterocycles. The lowest BCUT2D eigenvalue weighted by molar-refractivity contribution is -0.105. The van der Waals surface area contributed by atoms with E-state index in [2.05, 4.69) is 11.0 Å². The molecular weight excluding hydrogens is 530 g/mol. The smallest absolute Gasteiger partial charge is 0.410 e. The number of hydrogen-bond acceptors (Lipinski definition) is 7. The summed E-state index contributed by atoms with van der Waals surface area (Å²) in [6.07, 6.45) is 5.67. The van der Waals surface area contributed by atoms with Crippen molar-refractivity contribution < 1.29 is 23.7 Å². The first-order chi connectivity index (χ1) is 20.2. The van der Waals surface area contributed by atoms with Gasteiger partial charge in [0.1, 0.15) is 23.2 Å². The van der Waals surface area contributed by atoms with Gasteiger partial charge in [-0.3, -0.25) is 0 Å². The minimum atomic E-state index is -0.469. The molecule has 8 heteroatoms. The maximum Gasteiger partial charge on any atom is 0.410 e. The van der Waals surface area contributed by atoms with E-state index in [0.29, 0.717) is 17.4 Å². The van der Waals surface area contributed by atoms with Gasteiger partial charge in [0.2, 0.25) is 0 Å². The topological polar surface area (TPSA) is 84.3 Å². The highest BCUT2D eigenvalue weighted by Gasteiger charge is 2.37. The second kappa shape index (κ2) is 13.8. The van der Waals surface area contributed by atoms with Crippen molar-refractivity contribution in [2.75, 3.05) is 39.3 Å². The van der Waals surface area contributed by atoms with Gasteiger partial charge in [-0.25, -0.2) is 4.79 Å². The second-order valence-corrected chi connectivity index (χ2v) is 13.0. The molecule has 0 N–H and O–H groups in total. The monoisotopic (exact) mass is 575 g/mol. The molecule has 0 aliphatic carbocycles. The molecule has 1 amide bonds. The highest BCUT2D eigenvalue weighted by Crippen LogP contribution is 2.32. The second-order valence-electron chi connectivity index (χ2n) is 13.0. The zero-order chi connectivity index (χ0) is 29.5. The predicted molar refractivity (Wildman–Crippen MR) is 160 cm³/mol. The lowest BCUT2D eigenvalue weighted by Crippen LogP contribution is -2.54. The van der Waals surface area contributed by atoms with E-state index in [9.17, 15) is 10.1 Å². The standard InChI is InChI=1S/C34H45N3O5/c1-34(2,3)42-33(38)37-23-26-19-27(24-37)22-36(21-26)17-6-7-31(28-11-9-25(20-35)10-12-28)40-29-13-15-30(16-14-29)41-32-8-4-5-18-39-32/h9-16,26-27,31-32H,4-8,17-19,21-24H2,1-3H3. The Labute approximate surface area is 250 Å². The van der Waals surface area contributed by atoms with E-state index in [4.69, 9.17) is 18.9 Å². The molecule has 2 aromatic carbocycles. The van der Waals surface area contributed by atoms with Crippen molar-refractivity contribution >= 4 is 6.09 Å². The van der Waals surface area contributed by atoms with E-state index in [0.717, 1.165) is 88.5 Å². The molecule has 8 nitrogen and oxygen atoms in total. The fraction of sp³-hybridized carbons (Fsp3) is 0.588. The van der Waals surface area contributed by atoms with Gasteiger partial charge in [0.05, 0.1) is 18.2 Å². The quantitative estimate of drug-likeness (QED) is 0.335. The summed E-state index contributed by atoms with van der Waals surface area (Å²) in [4.78, 5) is 17.1. The summed E-state index contributed by atoms with van der Waals surface area (Å²) in [5.74, 6) is 2.53. The molecule has 0 radical (unpaired) electrons. The van der Waals surface area contributed by atoms with E-state index in [1.54, 1.807) is 0 Å². The Hall–Kier alpha value is -3.28. The van der Waals surface area contributed by atoms with Crippen LogP contribution in [0.25, 0.3) is 0 Å². The van der Waals surface area contributed by atoms with Gasteiger partial charge in [-0.2, -0.15) is 5.26 Å². The van der Waals surface area contributed by atoms with Gasteiger partial charge in [0, 0.05) is 32.6 Å². The van der Waals surface area contributed by atoms with Gasteiger partial charge in [0.25, 0.3) is 0 Å². The van der Waals surface area contributed by atoms with Gasteiger partial charge < -0.3 is 28.7 Å². The zero-order valence-electron chi connectivity index (χ0n) is 25.3. The Morgan fingerprint density at radius 1 is 1.00 bits per heavy atom. The van der Waals surface area contributed by atoms with Crippen LogP contribution in [0.5, 0.6) is 11.5 Å². The van der Waals surface area contributed by atoms with Crippen LogP contribution >= 0.6 is 0 Å². The van der Waals surface area contributed by atoms with Gasteiger partial charge in [-0.1, -0.05) is 12.1 Å². The van der Waals surface area contributed by atoms with Crippen LogP contribution in [0.1, 0.15) is 76.5 Å². The minimum Gasteiger partial charge on any atom is -0.486 e. The van der Waals surface area contributed by atoms with Crippen LogP contribution in [0.4, 0.5) is 4.79 Å². The molecule has 226 valence electrons. The van der Waals surface area contributed by atoms with Crippen molar-refractivity contribution in [3.05, 3.63) is 59.7 Å². The van der Waals surface area contributed by atoms with Crippen LogP contribution in [-0.4, -0.2) is 67.1 Å². The summed E-state index contributed by atoms with van der Waals surface area (Å²) in [7, 11) is 0.